The Morgan fingerprint density at radius 2 is 1.63 bits per heavy atom. The molecule has 0 aromatic heterocycles. The first-order valence-corrected chi connectivity index (χ1v) is 9.61. The lowest BCUT2D eigenvalue weighted by Gasteiger charge is -2.17. The fourth-order valence-electron chi connectivity index (χ4n) is 3.93. The Morgan fingerprint density at radius 1 is 1.04 bits per heavy atom. The molecule has 4 nitrogen and oxygen atoms in total. The zero-order valence-electron chi connectivity index (χ0n) is 16.4. The Labute approximate surface area is 168 Å². The van der Waals surface area contributed by atoms with Gasteiger partial charge in [0.1, 0.15) is 5.75 Å². The van der Waals surface area contributed by atoms with E-state index in [2.05, 4.69) is 36.6 Å². The molecule has 27 heavy (non-hydrogen) atoms. The normalized spacial score (nSPS) is 14.5. The third-order valence-electron chi connectivity index (χ3n) is 5.49. The minimum absolute atomic E-state index is 0. The molecular formula is C22H31ClN2O2. The number of halogens is 1. The number of phenolic OH excluding ortho intramolecular Hbond substituents is 1. The van der Waals surface area contributed by atoms with E-state index in [1.807, 2.05) is 0 Å². The standard InChI is InChI=1S/C22H30N2O2.ClH/c1-4-14-8-17-10-19(11-18(17)9-15(14)5-2)24-13-22(26)16-6-7-21(25)20(12-16)23-3;/h6-9,12,19,22-26H,4-5,10-11,13H2,1-3H3;1H/t22-;/m0./s1. The van der Waals surface area contributed by atoms with Gasteiger partial charge in [-0.1, -0.05) is 32.0 Å². The van der Waals surface area contributed by atoms with E-state index in [9.17, 15) is 10.2 Å². The van der Waals surface area contributed by atoms with Crippen molar-refractivity contribution in [2.75, 3.05) is 18.9 Å². The van der Waals surface area contributed by atoms with Crippen LogP contribution < -0.4 is 10.6 Å². The van der Waals surface area contributed by atoms with Crippen LogP contribution in [0.25, 0.3) is 0 Å². The second-order valence-electron chi connectivity index (χ2n) is 7.15. The molecule has 1 aliphatic carbocycles. The van der Waals surface area contributed by atoms with Gasteiger partial charge in [-0.25, -0.2) is 0 Å². The van der Waals surface area contributed by atoms with Crippen LogP contribution in [0, 0.1) is 0 Å². The number of hydrogen-bond donors (Lipinski definition) is 4. The highest BCUT2D eigenvalue weighted by molar-refractivity contribution is 5.85. The van der Waals surface area contributed by atoms with E-state index in [1.54, 1.807) is 25.2 Å². The zero-order chi connectivity index (χ0) is 18.7. The smallest absolute Gasteiger partial charge is 0.138 e. The van der Waals surface area contributed by atoms with Gasteiger partial charge >= 0.3 is 0 Å². The number of aliphatic hydroxyl groups excluding tert-OH is 1. The maximum absolute atomic E-state index is 10.5. The van der Waals surface area contributed by atoms with Crippen LogP contribution >= 0.6 is 12.4 Å². The van der Waals surface area contributed by atoms with E-state index >= 15 is 0 Å². The first-order valence-electron chi connectivity index (χ1n) is 9.61. The first kappa shape index (κ1) is 21.5. The first-order chi connectivity index (χ1) is 12.5. The van der Waals surface area contributed by atoms with Crippen molar-refractivity contribution in [3.8, 4) is 5.75 Å². The largest absolute Gasteiger partial charge is 0.506 e. The van der Waals surface area contributed by atoms with Crippen molar-refractivity contribution in [2.45, 2.75) is 51.7 Å². The molecule has 0 bridgehead atoms. The molecule has 2 aromatic carbocycles. The number of aliphatic hydroxyl groups is 1. The molecule has 0 aliphatic heterocycles. The van der Waals surface area contributed by atoms with E-state index in [0.29, 0.717) is 18.3 Å². The maximum Gasteiger partial charge on any atom is 0.138 e. The van der Waals surface area contributed by atoms with Crippen LogP contribution in [-0.2, 0) is 25.7 Å². The molecule has 0 saturated heterocycles. The van der Waals surface area contributed by atoms with Gasteiger partial charge in [-0.2, -0.15) is 0 Å². The molecular weight excluding hydrogens is 360 g/mol. The molecule has 1 atom stereocenters. The van der Waals surface area contributed by atoms with Crippen molar-refractivity contribution in [1.29, 1.82) is 0 Å². The van der Waals surface area contributed by atoms with E-state index < -0.39 is 6.10 Å². The molecule has 0 fully saturated rings. The second-order valence-corrected chi connectivity index (χ2v) is 7.15. The summed E-state index contributed by atoms with van der Waals surface area (Å²) in [6.45, 7) is 4.95. The van der Waals surface area contributed by atoms with Crippen molar-refractivity contribution in [3.63, 3.8) is 0 Å². The summed E-state index contributed by atoms with van der Waals surface area (Å²) >= 11 is 0. The molecule has 0 radical (unpaired) electrons. The van der Waals surface area contributed by atoms with Crippen molar-refractivity contribution < 1.29 is 10.2 Å². The number of nitrogens with one attached hydrogen (secondary N) is 2. The minimum atomic E-state index is -0.594. The van der Waals surface area contributed by atoms with Crippen molar-refractivity contribution in [1.82, 2.24) is 5.32 Å². The highest BCUT2D eigenvalue weighted by atomic mass is 35.5. The molecule has 5 heteroatoms. The van der Waals surface area contributed by atoms with Gasteiger partial charge in [0.05, 0.1) is 11.8 Å². The van der Waals surface area contributed by atoms with Gasteiger partial charge in [0, 0.05) is 19.6 Å². The molecule has 2 aromatic rings. The molecule has 4 N–H and O–H groups in total. The molecule has 0 spiro atoms. The second kappa shape index (κ2) is 9.45. The van der Waals surface area contributed by atoms with Gasteiger partial charge < -0.3 is 20.8 Å². The summed E-state index contributed by atoms with van der Waals surface area (Å²) in [6.07, 6.45) is 3.63. The SMILES string of the molecule is CCc1cc2c(cc1CC)CC(NC[C@H](O)c1ccc(O)c(NC)c1)C2.Cl. The minimum Gasteiger partial charge on any atom is -0.506 e. The average molecular weight is 391 g/mol. The average Bonchev–Trinajstić information content (AvgIpc) is 3.06. The third kappa shape index (κ3) is 4.75. The number of hydrogen-bond acceptors (Lipinski definition) is 4. The van der Waals surface area contributed by atoms with E-state index in [1.165, 1.54) is 22.3 Å². The highest BCUT2D eigenvalue weighted by Crippen LogP contribution is 2.28. The predicted molar refractivity (Wildman–Crippen MR) is 114 cm³/mol. The zero-order valence-corrected chi connectivity index (χ0v) is 17.2. The monoisotopic (exact) mass is 390 g/mol. The molecule has 1 aliphatic rings. The van der Waals surface area contributed by atoms with Crippen LogP contribution in [0.1, 0.15) is 47.8 Å². The summed E-state index contributed by atoms with van der Waals surface area (Å²) in [4.78, 5) is 0. The van der Waals surface area contributed by atoms with Crippen molar-refractivity contribution >= 4 is 18.1 Å². The number of aryl methyl sites for hydroxylation is 2. The lowest BCUT2D eigenvalue weighted by molar-refractivity contribution is 0.170. The summed E-state index contributed by atoms with van der Waals surface area (Å²) in [5.74, 6) is 0.195. The van der Waals surface area contributed by atoms with Gasteiger partial charge in [0.25, 0.3) is 0 Å². The Balaban J connectivity index is 0.00000261. The summed E-state index contributed by atoms with van der Waals surface area (Å²) < 4.78 is 0. The van der Waals surface area contributed by atoms with Crippen LogP contribution in [0.2, 0.25) is 0 Å². The Bertz CT molecular complexity index is 746. The molecule has 0 amide bonds. The topological polar surface area (TPSA) is 64.5 Å². The van der Waals surface area contributed by atoms with Crippen LogP contribution in [0.5, 0.6) is 5.75 Å². The fraction of sp³-hybridized carbons (Fsp3) is 0.455. The van der Waals surface area contributed by atoms with E-state index in [-0.39, 0.29) is 18.2 Å². The van der Waals surface area contributed by atoms with Crippen LogP contribution in [-0.4, -0.2) is 29.8 Å². The number of fused-ring (bicyclic) bond motifs is 1. The van der Waals surface area contributed by atoms with Gasteiger partial charge in [-0.15, -0.1) is 12.4 Å². The molecule has 0 unspecified atom stereocenters. The summed E-state index contributed by atoms with van der Waals surface area (Å²) in [6, 6.07) is 10.3. The number of aromatic hydroxyl groups is 1. The van der Waals surface area contributed by atoms with Gasteiger partial charge in [0.15, 0.2) is 0 Å². The predicted octanol–water partition coefficient (Wildman–Crippen LogP) is 3.77. The number of phenols is 1. The van der Waals surface area contributed by atoms with Gasteiger partial charge in [-0.05, 0) is 65.6 Å². The number of anilines is 1. The van der Waals surface area contributed by atoms with Crippen molar-refractivity contribution in [2.24, 2.45) is 0 Å². The van der Waals surface area contributed by atoms with Crippen molar-refractivity contribution in [3.05, 3.63) is 58.1 Å². The lowest BCUT2D eigenvalue weighted by Crippen LogP contribution is -2.33. The molecule has 0 saturated carbocycles. The van der Waals surface area contributed by atoms with Gasteiger partial charge in [0.2, 0.25) is 0 Å². The summed E-state index contributed by atoms with van der Waals surface area (Å²) in [5.41, 5.74) is 7.28. The Morgan fingerprint density at radius 3 is 2.15 bits per heavy atom. The molecule has 0 heterocycles. The highest BCUT2D eigenvalue weighted by Gasteiger charge is 2.23. The lowest BCUT2D eigenvalue weighted by atomic mass is 9.97. The van der Waals surface area contributed by atoms with Gasteiger partial charge in [-0.3, -0.25) is 0 Å². The summed E-state index contributed by atoms with van der Waals surface area (Å²) in [5, 5.41) is 26.7. The Kier molecular flexibility index (Phi) is 7.54. The Hall–Kier alpha value is -1.75. The third-order valence-corrected chi connectivity index (χ3v) is 5.49. The molecule has 148 valence electrons. The van der Waals surface area contributed by atoms with Crippen LogP contribution in [0.3, 0.4) is 0 Å². The summed E-state index contributed by atoms with van der Waals surface area (Å²) in [7, 11) is 1.76. The van der Waals surface area contributed by atoms with Crippen LogP contribution in [0.15, 0.2) is 30.3 Å². The number of rotatable bonds is 7. The quantitative estimate of drug-likeness (QED) is 0.543. The molecule has 3 rings (SSSR count). The maximum atomic E-state index is 10.5. The van der Waals surface area contributed by atoms with E-state index in [4.69, 9.17) is 0 Å². The van der Waals surface area contributed by atoms with Crippen LogP contribution in [0.4, 0.5) is 5.69 Å². The van der Waals surface area contributed by atoms with E-state index in [0.717, 1.165) is 31.2 Å². The number of benzene rings is 2. The fourth-order valence-corrected chi connectivity index (χ4v) is 3.93.